The van der Waals surface area contributed by atoms with Gasteiger partial charge in [-0.25, -0.2) is 0 Å². The van der Waals surface area contributed by atoms with E-state index in [1.807, 2.05) is 42.6 Å². The van der Waals surface area contributed by atoms with Gasteiger partial charge >= 0.3 is 0 Å². The number of thioether (sulfide) groups is 1. The van der Waals surface area contributed by atoms with Gasteiger partial charge in [0.2, 0.25) is 5.91 Å². The lowest BCUT2D eigenvalue weighted by atomic mass is 10.00. The highest BCUT2D eigenvalue weighted by Gasteiger charge is 2.37. The second-order valence-corrected chi connectivity index (χ2v) is 9.86. The average molecular weight is 474 g/mol. The van der Waals surface area contributed by atoms with Gasteiger partial charge < -0.3 is 9.47 Å². The van der Waals surface area contributed by atoms with E-state index in [1.54, 1.807) is 11.0 Å². The molecule has 5 rings (SSSR count). The van der Waals surface area contributed by atoms with Gasteiger partial charge in [0, 0.05) is 41.8 Å². The number of fused-ring (bicyclic) bond motifs is 2. The molecule has 3 aromatic rings. The van der Waals surface area contributed by atoms with Gasteiger partial charge in [0.1, 0.15) is 6.54 Å². The molecule has 1 saturated heterocycles. The van der Waals surface area contributed by atoms with E-state index in [0.717, 1.165) is 51.5 Å². The molecule has 3 amide bonds. The number of rotatable bonds is 5. The Morgan fingerprint density at radius 2 is 1.82 bits per heavy atom. The quantitative estimate of drug-likeness (QED) is 0.476. The number of imide groups is 1. The van der Waals surface area contributed by atoms with E-state index in [4.69, 9.17) is 0 Å². The van der Waals surface area contributed by atoms with Crippen LogP contribution < -0.4 is 0 Å². The number of hydrogen-bond donors (Lipinski definition) is 0. The van der Waals surface area contributed by atoms with Crippen LogP contribution in [0, 0.1) is 0 Å². The van der Waals surface area contributed by atoms with Gasteiger partial charge in [-0.05, 0) is 54.8 Å². The molecule has 0 spiro atoms. The molecule has 2 aliphatic heterocycles. The molecule has 2 aromatic carbocycles. The minimum absolute atomic E-state index is 0.202. The second-order valence-electron chi connectivity index (χ2n) is 8.87. The smallest absolute Gasteiger partial charge is 0.294 e. The highest BCUT2D eigenvalue weighted by molar-refractivity contribution is 8.18. The van der Waals surface area contributed by atoms with Crippen LogP contribution in [-0.4, -0.2) is 44.5 Å². The number of nitrogens with zero attached hydrogens (tertiary/aromatic N) is 3. The molecule has 34 heavy (non-hydrogen) atoms. The molecular weight excluding hydrogens is 446 g/mol. The first-order valence-corrected chi connectivity index (χ1v) is 12.5. The summed E-state index contributed by atoms with van der Waals surface area (Å²) < 4.78 is 2.21. The standard InChI is InChI=1S/C27H27N3O3S/c1-3-18(2)29-16-21(22-10-6-7-11-23(22)29)14-24-26(32)30(27(33)34-24)17-25(31)28-13-12-19-8-4-5-9-20(19)15-28/h4-11,14,16,18H,3,12-13,15,17H2,1-2H3/b24-14-/t18-/m0/s1. The van der Waals surface area contributed by atoms with Crippen molar-refractivity contribution in [1.82, 2.24) is 14.4 Å². The highest BCUT2D eigenvalue weighted by Crippen LogP contribution is 2.35. The Labute approximate surface area is 203 Å². The molecule has 174 valence electrons. The SMILES string of the molecule is CC[C@H](C)n1cc(/C=C2\SC(=O)N(CC(=O)N3CCc4ccccc4C3)C2=O)c2ccccc21. The molecule has 1 aromatic heterocycles. The van der Waals surface area contributed by atoms with E-state index in [2.05, 4.69) is 30.5 Å². The lowest BCUT2D eigenvalue weighted by Gasteiger charge is -2.29. The Kier molecular flexibility index (Phi) is 6.04. The van der Waals surface area contributed by atoms with Gasteiger partial charge in [0.05, 0.1) is 4.91 Å². The zero-order chi connectivity index (χ0) is 23.8. The zero-order valence-electron chi connectivity index (χ0n) is 19.4. The largest absolute Gasteiger partial charge is 0.344 e. The van der Waals surface area contributed by atoms with Crippen molar-refractivity contribution in [2.45, 2.75) is 39.3 Å². The van der Waals surface area contributed by atoms with Crippen LogP contribution in [-0.2, 0) is 22.6 Å². The number of carbonyl (C=O) groups is 3. The first kappa shape index (κ1) is 22.5. The van der Waals surface area contributed by atoms with E-state index >= 15 is 0 Å². The lowest BCUT2D eigenvalue weighted by Crippen LogP contribution is -2.44. The van der Waals surface area contributed by atoms with Gasteiger partial charge in [-0.3, -0.25) is 19.3 Å². The van der Waals surface area contributed by atoms with Crippen LogP contribution in [0.1, 0.15) is 43.0 Å². The molecule has 1 fully saturated rings. The number of hydrogen-bond acceptors (Lipinski definition) is 4. The molecule has 1 atom stereocenters. The van der Waals surface area contributed by atoms with Crippen LogP contribution in [0.15, 0.2) is 59.6 Å². The first-order valence-electron chi connectivity index (χ1n) is 11.7. The van der Waals surface area contributed by atoms with Gasteiger partial charge in [0.25, 0.3) is 11.1 Å². The van der Waals surface area contributed by atoms with E-state index in [9.17, 15) is 14.4 Å². The number of carbonyl (C=O) groups excluding carboxylic acids is 3. The Morgan fingerprint density at radius 1 is 1.09 bits per heavy atom. The van der Waals surface area contributed by atoms with Crippen LogP contribution in [0.25, 0.3) is 17.0 Å². The third-order valence-electron chi connectivity index (χ3n) is 6.77. The molecule has 7 heteroatoms. The maximum atomic E-state index is 13.1. The molecule has 0 N–H and O–H groups in total. The number of amides is 3. The summed E-state index contributed by atoms with van der Waals surface area (Å²) in [4.78, 5) is 41.9. The van der Waals surface area contributed by atoms with Gasteiger partial charge in [-0.15, -0.1) is 0 Å². The van der Waals surface area contributed by atoms with Gasteiger partial charge in [0.15, 0.2) is 0 Å². The third-order valence-corrected chi connectivity index (χ3v) is 7.68. The van der Waals surface area contributed by atoms with Gasteiger partial charge in [-0.1, -0.05) is 49.4 Å². The van der Waals surface area contributed by atoms with Crippen LogP contribution in [0.3, 0.4) is 0 Å². The highest BCUT2D eigenvalue weighted by atomic mass is 32.2. The predicted molar refractivity (Wildman–Crippen MR) is 135 cm³/mol. The van der Waals surface area contributed by atoms with Crippen molar-refractivity contribution in [2.75, 3.05) is 13.1 Å². The fourth-order valence-electron chi connectivity index (χ4n) is 4.63. The van der Waals surface area contributed by atoms with E-state index < -0.39 is 11.1 Å². The minimum atomic E-state index is -0.402. The molecule has 6 nitrogen and oxygen atoms in total. The van der Waals surface area contributed by atoms with E-state index in [-0.39, 0.29) is 12.5 Å². The molecule has 3 heterocycles. The fourth-order valence-corrected chi connectivity index (χ4v) is 5.46. The normalized spacial score (nSPS) is 18.1. The van der Waals surface area contributed by atoms with Crippen molar-refractivity contribution in [1.29, 1.82) is 0 Å². The first-order chi connectivity index (χ1) is 16.5. The summed E-state index contributed by atoms with van der Waals surface area (Å²) >= 11 is 0.904. The Bertz CT molecular complexity index is 1330. The minimum Gasteiger partial charge on any atom is -0.344 e. The monoisotopic (exact) mass is 473 g/mol. The number of aromatic nitrogens is 1. The molecule has 2 aliphatic rings. The Morgan fingerprint density at radius 3 is 2.62 bits per heavy atom. The van der Waals surface area contributed by atoms with E-state index in [0.29, 0.717) is 24.0 Å². The maximum absolute atomic E-state index is 13.1. The molecule has 0 bridgehead atoms. The lowest BCUT2D eigenvalue weighted by molar-refractivity contribution is -0.136. The van der Waals surface area contributed by atoms with Crippen molar-refractivity contribution in [3.8, 4) is 0 Å². The summed E-state index contributed by atoms with van der Waals surface area (Å²) in [6, 6.07) is 16.5. The van der Waals surface area contributed by atoms with Crippen molar-refractivity contribution in [3.63, 3.8) is 0 Å². The van der Waals surface area contributed by atoms with Gasteiger partial charge in [-0.2, -0.15) is 0 Å². The molecule has 0 radical (unpaired) electrons. The molecule has 0 unspecified atom stereocenters. The zero-order valence-corrected chi connectivity index (χ0v) is 20.2. The summed E-state index contributed by atoms with van der Waals surface area (Å²) in [5, 5.41) is 0.644. The van der Waals surface area contributed by atoms with Crippen molar-refractivity contribution in [2.24, 2.45) is 0 Å². The summed E-state index contributed by atoms with van der Waals surface area (Å²) in [6.07, 6.45) is 5.60. The average Bonchev–Trinajstić information content (AvgIpc) is 3.35. The predicted octanol–water partition coefficient (Wildman–Crippen LogP) is 5.23. The van der Waals surface area contributed by atoms with E-state index in [1.165, 1.54) is 5.56 Å². The fraction of sp³-hybridized carbons (Fsp3) is 0.296. The summed E-state index contributed by atoms with van der Waals surface area (Å²) in [5.74, 6) is -0.604. The van der Waals surface area contributed by atoms with Crippen molar-refractivity contribution in [3.05, 3.63) is 76.3 Å². The summed E-state index contributed by atoms with van der Waals surface area (Å²) in [7, 11) is 0. The van der Waals surface area contributed by atoms with Crippen molar-refractivity contribution < 1.29 is 14.4 Å². The van der Waals surface area contributed by atoms with Crippen molar-refractivity contribution >= 4 is 45.8 Å². The molecule has 0 aliphatic carbocycles. The third kappa shape index (κ3) is 4.05. The Hall–Kier alpha value is -3.32. The number of para-hydroxylation sites is 1. The molecular formula is C27H27N3O3S. The molecule has 0 saturated carbocycles. The number of benzene rings is 2. The van der Waals surface area contributed by atoms with Crippen LogP contribution in [0.2, 0.25) is 0 Å². The summed E-state index contributed by atoms with van der Waals surface area (Å²) in [6.45, 7) is 5.18. The maximum Gasteiger partial charge on any atom is 0.294 e. The van der Waals surface area contributed by atoms with Crippen LogP contribution in [0.5, 0.6) is 0 Å². The Balaban J connectivity index is 1.36. The van der Waals surface area contributed by atoms with Crippen LogP contribution >= 0.6 is 11.8 Å². The second kappa shape index (κ2) is 9.14. The summed E-state index contributed by atoms with van der Waals surface area (Å²) in [5.41, 5.74) is 4.37. The van der Waals surface area contributed by atoms with Crippen LogP contribution in [0.4, 0.5) is 4.79 Å². The topological polar surface area (TPSA) is 62.6 Å².